The molecule has 2 heterocycles. The van der Waals surface area contributed by atoms with Crippen LogP contribution in [0.15, 0.2) is 84.0 Å². The summed E-state index contributed by atoms with van der Waals surface area (Å²) in [7, 11) is 0. The fraction of sp³-hybridized carbons (Fsp3) is 0.0800. The maximum absolute atomic E-state index is 12.4. The molecule has 1 atom stereocenters. The van der Waals surface area contributed by atoms with Crippen molar-refractivity contribution < 1.29 is 14.5 Å². The van der Waals surface area contributed by atoms with Crippen molar-refractivity contribution in [2.75, 3.05) is 0 Å². The number of amides is 1. The number of hydrogen-bond donors (Lipinski definition) is 0. The number of ether oxygens (including phenoxy) is 1. The highest BCUT2D eigenvalue weighted by Gasteiger charge is 2.35. The van der Waals surface area contributed by atoms with E-state index in [2.05, 4.69) is 5.10 Å². The lowest BCUT2D eigenvalue weighted by atomic mass is 10.0. The van der Waals surface area contributed by atoms with Crippen molar-refractivity contribution in [3.8, 4) is 11.3 Å². The number of benzene rings is 3. The van der Waals surface area contributed by atoms with Crippen LogP contribution >= 0.6 is 11.6 Å². The van der Waals surface area contributed by atoms with E-state index < -0.39 is 11.2 Å². The lowest BCUT2D eigenvalue weighted by Gasteiger charge is -2.19. The molecular formula is C25H17ClN4O4. The Labute approximate surface area is 199 Å². The average molecular weight is 473 g/mol. The number of hydrazone groups is 1. The molecule has 3 aromatic carbocycles. The molecule has 0 N–H and O–H groups in total. The van der Waals surface area contributed by atoms with Crippen LogP contribution in [0.3, 0.4) is 0 Å². The molecule has 0 unspecified atom stereocenters. The molecule has 5 rings (SSSR count). The first kappa shape index (κ1) is 21.5. The molecule has 0 radical (unpaired) electrons. The molecule has 1 amide bonds. The van der Waals surface area contributed by atoms with Crippen molar-refractivity contribution in [2.24, 2.45) is 5.10 Å². The van der Waals surface area contributed by atoms with E-state index in [1.807, 2.05) is 60.7 Å². The minimum absolute atomic E-state index is 0.00473. The normalized spacial score (nSPS) is 15.2. The Morgan fingerprint density at radius 1 is 1.06 bits per heavy atom. The summed E-state index contributed by atoms with van der Waals surface area (Å²) >= 11 is 5.96. The van der Waals surface area contributed by atoms with E-state index in [4.69, 9.17) is 21.3 Å². The maximum Gasteiger partial charge on any atom is 0.288 e. The minimum atomic E-state index is -0.976. The number of rotatable bonds is 4. The predicted octanol–water partition coefficient (Wildman–Crippen LogP) is 5.70. The number of fused-ring (bicyclic) bond motifs is 1. The molecule has 1 aliphatic rings. The zero-order chi connectivity index (χ0) is 23.8. The van der Waals surface area contributed by atoms with E-state index in [1.54, 1.807) is 6.07 Å². The van der Waals surface area contributed by atoms with Crippen molar-refractivity contribution >= 4 is 40.0 Å². The van der Waals surface area contributed by atoms with Gasteiger partial charge in [-0.1, -0.05) is 66.2 Å². The van der Waals surface area contributed by atoms with Gasteiger partial charge in [-0.15, -0.1) is 5.10 Å². The number of pyridine rings is 1. The van der Waals surface area contributed by atoms with E-state index in [-0.39, 0.29) is 22.5 Å². The molecule has 8 nitrogen and oxygen atoms in total. The number of carbonyl (C=O) groups excluding carboxylic acids is 1. The fourth-order valence-electron chi connectivity index (χ4n) is 3.82. The second kappa shape index (κ2) is 8.57. The first-order chi connectivity index (χ1) is 16.4. The quantitative estimate of drug-likeness (QED) is 0.280. The van der Waals surface area contributed by atoms with Gasteiger partial charge in [-0.3, -0.25) is 14.9 Å². The molecule has 1 aliphatic heterocycles. The summed E-state index contributed by atoms with van der Waals surface area (Å²) in [5.41, 5.74) is 3.14. The topological polar surface area (TPSA) is 97.9 Å². The van der Waals surface area contributed by atoms with Crippen LogP contribution in [0.5, 0.6) is 0 Å². The SMILES string of the molecule is CC(=O)N1N=C(c2cc(-c3ccccc3)nc3ccccc23)O[C@H]1c1ccc(Cl)c([N+](=O)[O-])c1. The lowest BCUT2D eigenvalue weighted by Crippen LogP contribution is -2.25. The van der Waals surface area contributed by atoms with Crippen LogP contribution in [0.2, 0.25) is 5.02 Å². The Kier molecular flexibility index (Phi) is 5.43. The summed E-state index contributed by atoms with van der Waals surface area (Å²) in [6.07, 6.45) is -0.976. The third-order valence-corrected chi connectivity index (χ3v) is 5.75. The molecule has 4 aromatic rings. The maximum atomic E-state index is 12.4. The molecule has 0 spiro atoms. The third-order valence-electron chi connectivity index (χ3n) is 5.43. The van der Waals surface area contributed by atoms with Crippen molar-refractivity contribution in [2.45, 2.75) is 13.2 Å². The van der Waals surface area contributed by atoms with Crippen molar-refractivity contribution in [3.63, 3.8) is 0 Å². The van der Waals surface area contributed by atoms with E-state index in [1.165, 1.54) is 24.1 Å². The summed E-state index contributed by atoms with van der Waals surface area (Å²) in [6.45, 7) is 1.35. The molecule has 1 aromatic heterocycles. The second-order valence-electron chi connectivity index (χ2n) is 7.65. The fourth-order valence-corrected chi connectivity index (χ4v) is 4.01. The summed E-state index contributed by atoms with van der Waals surface area (Å²) in [6, 6.07) is 23.4. The van der Waals surface area contributed by atoms with Gasteiger partial charge >= 0.3 is 0 Å². The predicted molar refractivity (Wildman–Crippen MR) is 128 cm³/mol. The molecule has 34 heavy (non-hydrogen) atoms. The molecule has 0 saturated heterocycles. The molecule has 0 bridgehead atoms. The molecule has 0 aliphatic carbocycles. The number of nitrogens with zero attached hydrogens (tertiary/aromatic N) is 4. The Balaban J connectivity index is 1.63. The van der Waals surface area contributed by atoms with E-state index >= 15 is 0 Å². The van der Waals surface area contributed by atoms with Crippen molar-refractivity contribution in [3.05, 3.63) is 105 Å². The van der Waals surface area contributed by atoms with E-state index in [0.29, 0.717) is 11.1 Å². The Morgan fingerprint density at radius 3 is 2.53 bits per heavy atom. The number of aromatic nitrogens is 1. The number of carbonyl (C=O) groups is 1. The highest BCUT2D eigenvalue weighted by atomic mass is 35.5. The smallest absolute Gasteiger partial charge is 0.288 e. The van der Waals surface area contributed by atoms with Gasteiger partial charge in [-0.2, -0.15) is 5.01 Å². The Hall–Kier alpha value is -4.30. The van der Waals surface area contributed by atoms with Crippen LogP contribution in [-0.2, 0) is 9.53 Å². The summed E-state index contributed by atoms with van der Waals surface area (Å²) in [5, 5.41) is 17.8. The van der Waals surface area contributed by atoms with Gasteiger partial charge in [0.2, 0.25) is 18.0 Å². The van der Waals surface area contributed by atoms with Gasteiger partial charge in [0.1, 0.15) is 5.02 Å². The van der Waals surface area contributed by atoms with Crippen LogP contribution in [0.4, 0.5) is 5.69 Å². The zero-order valence-electron chi connectivity index (χ0n) is 17.9. The summed E-state index contributed by atoms with van der Waals surface area (Å²) < 4.78 is 6.14. The number of nitro groups is 1. The number of halogens is 1. The second-order valence-corrected chi connectivity index (χ2v) is 8.05. The monoisotopic (exact) mass is 472 g/mol. The van der Waals surface area contributed by atoms with Crippen LogP contribution in [-0.4, -0.2) is 26.7 Å². The highest BCUT2D eigenvalue weighted by molar-refractivity contribution is 6.32. The van der Waals surface area contributed by atoms with Crippen molar-refractivity contribution in [1.82, 2.24) is 9.99 Å². The zero-order valence-corrected chi connectivity index (χ0v) is 18.6. The molecule has 0 saturated carbocycles. The summed E-state index contributed by atoms with van der Waals surface area (Å²) in [5.74, 6) is -0.159. The van der Waals surface area contributed by atoms with Gasteiger partial charge in [-0.05, 0) is 18.2 Å². The van der Waals surface area contributed by atoms with E-state index in [9.17, 15) is 14.9 Å². The Morgan fingerprint density at radius 2 is 1.79 bits per heavy atom. The van der Waals surface area contributed by atoms with Crippen LogP contribution in [0, 0.1) is 10.1 Å². The first-order valence-corrected chi connectivity index (χ1v) is 10.7. The van der Waals surface area contributed by atoms with E-state index in [0.717, 1.165) is 22.2 Å². The van der Waals surface area contributed by atoms with Gasteiger partial charge in [0.05, 0.1) is 16.1 Å². The van der Waals surface area contributed by atoms with Gasteiger partial charge in [0, 0.05) is 35.1 Å². The average Bonchev–Trinajstić information content (AvgIpc) is 3.30. The van der Waals surface area contributed by atoms with Gasteiger partial charge < -0.3 is 4.74 Å². The number of hydrogen-bond acceptors (Lipinski definition) is 6. The van der Waals surface area contributed by atoms with Crippen molar-refractivity contribution in [1.29, 1.82) is 0 Å². The standard InChI is InChI=1S/C25H17ClN4O4/c1-15(31)29-25(17-11-12-20(26)23(13-17)30(32)33)34-24(28-29)19-14-22(16-7-3-2-4-8-16)27-21-10-6-5-9-18(19)21/h2-14,25H,1H3/t25-/m0/s1. The van der Waals surface area contributed by atoms with Gasteiger partial charge in [0.15, 0.2) is 0 Å². The molecule has 168 valence electrons. The Bertz CT molecular complexity index is 1470. The third kappa shape index (κ3) is 3.84. The lowest BCUT2D eigenvalue weighted by molar-refractivity contribution is -0.384. The van der Waals surface area contributed by atoms with Crippen LogP contribution < -0.4 is 0 Å². The largest absolute Gasteiger partial charge is 0.446 e. The molecule has 0 fully saturated rings. The highest BCUT2D eigenvalue weighted by Crippen LogP contribution is 2.36. The van der Waals surface area contributed by atoms with Crippen LogP contribution in [0.25, 0.3) is 22.2 Å². The van der Waals surface area contributed by atoms with Gasteiger partial charge in [0.25, 0.3) is 5.69 Å². The number of para-hydroxylation sites is 1. The molecular weight excluding hydrogens is 456 g/mol. The van der Waals surface area contributed by atoms with Gasteiger partial charge in [-0.25, -0.2) is 4.98 Å². The minimum Gasteiger partial charge on any atom is -0.446 e. The first-order valence-electron chi connectivity index (χ1n) is 10.4. The van der Waals surface area contributed by atoms with Crippen LogP contribution in [0.1, 0.15) is 24.3 Å². The number of nitro benzene ring substituents is 1. The molecule has 9 heteroatoms. The summed E-state index contributed by atoms with van der Waals surface area (Å²) in [4.78, 5) is 28.0.